The minimum absolute atomic E-state index is 0.0104. The molecular formula is C7H11NO2. The zero-order chi connectivity index (χ0) is 7.19. The molecule has 1 spiro atoms. The second-order valence-corrected chi connectivity index (χ2v) is 3.46. The highest BCUT2D eigenvalue weighted by Gasteiger charge is 2.48. The highest BCUT2D eigenvalue weighted by molar-refractivity contribution is 5.78. The molecule has 1 unspecified atom stereocenters. The lowest BCUT2D eigenvalue weighted by Crippen LogP contribution is -2.42. The van der Waals surface area contributed by atoms with Crippen LogP contribution in [-0.2, 0) is 4.79 Å². The van der Waals surface area contributed by atoms with Crippen LogP contribution < -0.4 is 5.32 Å². The summed E-state index contributed by atoms with van der Waals surface area (Å²) >= 11 is 0. The highest BCUT2D eigenvalue weighted by atomic mass is 16.3. The molecule has 1 atom stereocenters. The minimum Gasteiger partial charge on any atom is -0.374 e. The molecule has 2 fully saturated rings. The Morgan fingerprint density at radius 3 is 2.80 bits per heavy atom. The quantitative estimate of drug-likeness (QED) is 0.498. The van der Waals surface area contributed by atoms with Gasteiger partial charge in [0, 0.05) is 6.42 Å². The SMILES string of the molecule is O=C1CC2(CC2)CC(O)N1. The van der Waals surface area contributed by atoms with Crippen LogP contribution in [0.15, 0.2) is 0 Å². The van der Waals surface area contributed by atoms with E-state index >= 15 is 0 Å². The first-order chi connectivity index (χ1) is 4.70. The zero-order valence-electron chi connectivity index (χ0n) is 5.76. The van der Waals surface area contributed by atoms with Gasteiger partial charge in [0.15, 0.2) is 0 Å². The van der Waals surface area contributed by atoms with Gasteiger partial charge in [-0.1, -0.05) is 0 Å². The molecule has 1 amide bonds. The van der Waals surface area contributed by atoms with E-state index < -0.39 is 6.23 Å². The molecule has 1 aliphatic heterocycles. The first kappa shape index (κ1) is 6.16. The maximum atomic E-state index is 10.9. The maximum absolute atomic E-state index is 10.9. The monoisotopic (exact) mass is 141 g/mol. The average molecular weight is 141 g/mol. The van der Waals surface area contributed by atoms with Gasteiger partial charge in [0.2, 0.25) is 5.91 Å². The summed E-state index contributed by atoms with van der Waals surface area (Å²) in [5, 5.41) is 11.6. The van der Waals surface area contributed by atoms with Crippen LogP contribution in [0, 0.1) is 5.41 Å². The van der Waals surface area contributed by atoms with Gasteiger partial charge in [-0.05, 0) is 24.7 Å². The first-order valence-corrected chi connectivity index (χ1v) is 3.68. The molecule has 0 radical (unpaired) electrons. The van der Waals surface area contributed by atoms with Crippen LogP contribution in [0.4, 0.5) is 0 Å². The minimum atomic E-state index is -0.580. The number of hydrogen-bond acceptors (Lipinski definition) is 2. The van der Waals surface area contributed by atoms with Crippen molar-refractivity contribution < 1.29 is 9.90 Å². The van der Waals surface area contributed by atoms with Crippen LogP contribution in [0.3, 0.4) is 0 Å². The van der Waals surface area contributed by atoms with Crippen LogP contribution in [0.2, 0.25) is 0 Å². The fraction of sp³-hybridized carbons (Fsp3) is 0.857. The Balaban J connectivity index is 2.07. The number of aliphatic hydroxyl groups excluding tert-OH is 1. The Morgan fingerprint density at radius 1 is 1.60 bits per heavy atom. The van der Waals surface area contributed by atoms with Gasteiger partial charge in [-0.2, -0.15) is 0 Å². The number of aliphatic hydroxyl groups is 1. The molecule has 0 aromatic heterocycles. The molecule has 10 heavy (non-hydrogen) atoms. The molecular weight excluding hydrogens is 130 g/mol. The van der Waals surface area contributed by atoms with Gasteiger partial charge >= 0.3 is 0 Å². The molecule has 3 nitrogen and oxygen atoms in total. The van der Waals surface area contributed by atoms with E-state index in [2.05, 4.69) is 5.32 Å². The maximum Gasteiger partial charge on any atom is 0.222 e. The largest absolute Gasteiger partial charge is 0.374 e. The van der Waals surface area contributed by atoms with Crippen molar-refractivity contribution in [3.8, 4) is 0 Å². The predicted molar refractivity (Wildman–Crippen MR) is 35.1 cm³/mol. The lowest BCUT2D eigenvalue weighted by Gasteiger charge is -2.25. The highest BCUT2D eigenvalue weighted by Crippen LogP contribution is 2.53. The summed E-state index contributed by atoms with van der Waals surface area (Å²) in [5.41, 5.74) is 0.210. The molecule has 2 rings (SSSR count). The van der Waals surface area contributed by atoms with Crippen molar-refractivity contribution in [2.24, 2.45) is 5.41 Å². The normalized spacial score (nSPS) is 35.7. The number of hydrogen-bond donors (Lipinski definition) is 2. The van der Waals surface area contributed by atoms with E-state index in [4.69, 9.17) is 5.11 Å². The Morgan fingerprint density at radius 2 is 2.30 bits per heavy atom. The molecule has 0 aromatic rings. The lowest BCUT2D eigenvalue weighted by atomic mass is 9.93. The number of nitrogens with one attached hydrogen (secondary N) is 1. The van der Waals surface area contributed by atoms with Crippen molar-refractivity contribution in [3.63, 3.8) is 0 Å². The molecule has 0 bridgehead atoms. The molecule has 1 saturated heterocycles. The number of piperidine rings is 1. The smallest absolute Gasteiger partial charge is 0.222 e. The summed E-state index contributed by atoms with van der Waals surface area (Å²) in [6.45, 7) is 0. The summed E-state index contributed by atoms with van der Waals surface area (Å²) < 4.78 is 0. The number of rotatable bonds is 0. The fourth-order valence-electron chi connectivity index (χ4n) is 1.67. The molecule has 0 aromatic carbocycles. The Hall–Kier alpha value is -0.570. The van der Waals surface area contributed by atoms with Crippen molar-refractivity contribution in [3.05, 3.63) is 0 Å². The topological polar surface area (TPSA) is 49.3 Å². The van der Waals surface area contributed by atoms with Gasteiger partial charge in [0.05, 0.1) is 0 Å². The van der Waals surface area contributed by atoms with E-state index in [1.807, 2.05) is 0 Å². The molecule has 1 saturated carbocycles. The summed E-state index contributed by atoms with van der Waals surface area (Å²) in [4.78, 5) is 10.9. The van der Waals surface area contributed by atoms with Gasteiger partial charge in [-0.3, -0.25) is 4.79 Å². The second-order valence-electron chi connectivity index (χ2n) is 3.46. The van der Waals surface area contributed by atoms with Crippen LogP contribution >= 0.6 is 0 Å². The van der Waals surface area contributed by atoms with Crippen molar-refractivity contribution in [2.45, 2.75) is 31.9 Å². The summed E-state index contributed by atoms with van der Waals surface area (Å²) in [5.74, 6) is 0.0104. The third kappa shape index (κ3) is 0.904. The Kier molecular flexibility index (Phi) is 1.06. The Bertz CT molecular complexity index is 174. The van der Waals surface area contributed by atoms with Crippen LogP contribution in [0.25, 0.3) is 0 Å². The van der Waals surface area contributed by atoms with Gasteiger partial charge in [0.1, 0.15) is 6.23 Å². The van der Waals surface area contributed by atoms with Gasteiger partial charge in [0.25, 0.3) is 0 Å². The third-order valence-electron chi connectivity index (χ3n) is 2.45. The van der Waals surface area contributed by atoms with Crippen LogP contribution in [0.1, 0.15) is 25.7 Å². The number of carbonyl (C=O) groups is 1. The third-order valence-corrected chi connectivity index (χ3v) is 2.45. The second kappa shape index (κ2) is 1.72. The standard InChI is InChI=1S/C7H11NO2/c9-5-3-7(1-2-7)4-6(10)8-5/h5,9H,1-4H2,(H,8,10). The Labute approximate surface area is 59.4 Å². The molecule has 2 aliphatic rings. The summed E-state index contributed by atoms with van der Waals surface area (Å²) in [7, 11) is 0. The average Bonchev–Trinajstić information content (AvgIpc) is 2.44. The van der Waals surface area contributed by atoms with E-state index in [9.17, 15) is 4.79 Å². The molecule has 2 N–H and O–H groups in total. The van der Waals surface area contributed by atoms with Gasteiger partial charge in [-0.25, -0.2) is 0 Å². The van der Waals surface area contributed by atoms with E-state index in [0.717, 1.165) is 19.3 Å². The van der Waals surface area contributed by atoms with E-state index in [1.165, 1.54) is 0 Å². The van der Waals surface area contributed by atoms with Gasteiger partial charge < -0.3 is 10.4 Å². The first-order valence-electron chi connectivity index (χ1n) is 3.68. The number of amides is 1. The van der Waals surface area contributed by atoms with E-state index in [-0.39, 0.29) is 11.3 Å². The summed E-state index contributed by atoms with van der Waals surface area (Å²) in [6.07, 6.45) is 3.06. The molecule has 1 heterocycles. The summed E-state index contributed by atoms with van der Waals surface area (Å²) in [6, 6.07) is 0. The van der Waals surface area contributed by atoms with E-state index in [0.29, 0.717) is 6.42 Å². The van der Waals surface area contributed by atoms with E-state index in [1.54, 1.807) is 0 Å². The molecule has 3 heteroatoms. The van der Waals surface area contributed by atoms with Crippen LogP contribution in [-0.4, -0.2) is 17.2 Å². The van der Waals surface area contributed by atoms with Gasteiger partial charge in [-0.15, -0.1) is 0 Å². The predicted octanol–water partition coefficient (Wildman–Crippen LogP) is -0.00500. The van der Waals surface area contributed by atoms with Crippen molar-refractivity contribution in [1.29, 1.82) is 0 Å². The van der Waals surface area contributed by atoms with Crippen molar-refractivity contribution >= 4 is 5.91 Å². The molecule has 1 aliphatic carbocycles. The van der Waals surface area contributed by atoms with Crippen molar-refractivity contribution in [1.82, 2.24) is 5.32 Å². The lowest BCUT2D eigenvalue weighted by molar-refractivity contribution is -0.129. The fourth-order valence-corrected chi connectivity index (χ4v) is 1.67. The zero-order valence-corrected chi connectivity index (χ0v) is 5.76. The molecule has 56 valence electrons. The number of carbonyl (C=O) groups excluding carboxylic acids is 1. The van der Waals surface area contributed by atoms with Crippen molar-refractivity contribution in [2.75, 3.05) is 0 Å². The van der Waals surface area contributed by atoms with Crippen LogP contribution in [0.5, 0.6) is 0 Å².